The zero-order chi connectivity index (χ0) is 14.4. The zero-order valence-corrected chi connectivity index (χ0v) is 11.2. The first-order chi connectivity index (χ1) is 10.3. The Hall–Kier alpha value is -2.95. The van der Waals surface area contributed by atoms with Gasteiger partial charge in [0.15, 0.2) is 17.2 Å². The highest BCUT2D eigenvalue weighted by Gasteiger charge is 2.24. The molecule has 0 atom stereocenters. The maximum absolute atomic E-state index is 12.1. The minimum atomic E-state index is -0.315. The van der Waals surface area contributed by atoms with Gasteiger partial charge in [0.2, 0.25) is 5.75 Å². The summed E-state index contributed by atoms with van der Waals surface area (Å²) in [6.07, 6.45) is 0. The third-order valence-electron chi connectivity index (χ3n) is 3.41. The topological polar surface area (TPSA) is 60.5 Å². The zero-order valence-electron chi connectivity index (χ0n) is 11.2. The monoisotopic (exact) mass is 281 g/mol. The Labute approximate surface area is 119 Å². The molecule has 5 heteroatoms. The molecule has 21 heavy (non-hydrogen) atoms. The second-order valence-electron chi connectivity index (χ2n) is 4.67. The van der Waals surface area contributed by atoms with E-state index in [1.807, 2.05) is 24.3 Å². The summed E-state index contributed by atoms with van der Waals surface area (Å²) >= 11 is 0. The average Bonchev–Trinajstić information content (AvgIpc) is 2.53. The van der Waals surface area contributed by atoms with Crippen molar-refractivity contribution >= 4 is 10.9 Å². The first-order valence-electron chi connectivity index (χ1n) is 6.45. The summed E-state index contributed by atoms with van der Waals surface area (Å²) in [7, 11) is 1.58. The molecule has 0 saturated heterocycles. The Morgan fingerprint density at radius 3 is 2.67 bits per heavy atom. The van der Waals surface area contributed by atoms with Crippen LogP contribution >= 0.6 is 0 Å². The molecule has 0 spiro atoms. The fraction of sp³-hybridized carbons (Fsp3) is 0.0625. The maximum atomic E-state index is 12.1. The quantitative estimate of drug-likeness (QED) is 0.580. The largest absolute Gasteiger partial charge is 0.497 e. The number of rotatable bonds is 1. The number of hydrogen-bond acceptors (Lipinski definition) is 4. The van der Waals surface area contributed by atoms with E-state index in [9.17, 15) is 4.79 Å². The van der Waals surface area contributed by atoms with E-state index in [-0.39, 0.29) is 11.3 Å². The number of pyridine rings is 1. The Kier molecular flexibility index (Phi) is 2.41. The van der Waals surface area contributed by atoms with Crippen molar-refractivity contribution in [1.29, 1.82) is 0 Å². The number of para-hydroxylation sites is 1. The van der Waals surface area contributed by atoms with E-state index in [2.05, 4.69) is 4.98 Å². The highest BCUT2D eigenvalue weighted by atomic mass is 16.6. The van der Waals surface area contributed by atoms with Crippen LogP contribution in [0.3, 0.4) is 0 Å². The maximum Gasteiger partial charge on any atom is 0.295 e. The molecular weight excluding hydrogens is 270 g/mol. The fourth-order valence-corrected chi connectivity index (χ4v) is 2.39. The summed E-state index contributed by atoms with van der Waals surface area (Å²) in [5, 5.41) is 0.792. The molecule has 0 aliphatic carbocycles. The van der Waals surface area contributed by atoms with E-state index in [1.54, 1.807) is 25.3 Å². The molecule has 0 radical (unpaired) electrons. The van der Waals surface area contributed by atoms with Crippen LogP contribution in [0.2, 0.25) is 0 Å². The molecule has 2 aromatic carbocycles. The average molecular weight is 281 g/mol. The van der Waals surface area contributed by atoms with Gasteiger partial charge in [0.05, 0.1) is 12.6 Å². The van der Waals surface area contributed by atoms with Gasteiger partial charge in [0.25, 0.3) is 5.56 Å². The molecule has 0 fully saturated rings. The van der Waals surface area contributed by atoms with Crippen molar-refractivity contribution < 1.29 is 14.2 Å². The molecule has 0 amide bonds. The molecule has 1 aliphatic heterocycles. The predicted octanol–water partition coefficient (Wildman–Crippen LogP) is 3.43. The Morgan fingerprint density at radius 2 is 1.81 bits per heavy atom. The van der Waals surface area contributed by atoms with Gasteiger partial charge in [0.1, 0.15) is 5.75 Å². The highest BCUT2D eigenvalue weighted by Crippen LogP contribution is 2.47. The molecule has 2 heterocycles. The minimum Gasteiger partial charge on any atom is -0.497 e. The van der Waals surface area contributed by atoms with Crippen LogP contribution in [0, 0.1) is 0 Å². The van der Waals surface area contributed by atoms with Gasteiger partial charge in [-0.3, -0.25) is 4.79 Å². The van der Waals surface area contributed by atoms with E-state index in [0.717, 1.165) is 5.39 Å². The van der Waals surface area contributed by atoms with Crippen molar-refractivity contribution in [3.63, 3.8) is 0 Å². The Morgan fingerprint density at radius 1 is 1.00 bits per heavy atom. The molecule has 1 aromatic heterocycles. The number of H-pyrrole nitrogens is 1. The van der Waals surface area contributed by atoms with Crippen LogP contribution in [-0.2, 0) is 0 Å². The van der Waals surface area contributed by atoms with Crippen molar-refractivity contribution in [3.05, 3.63) is 52.8 Å². The van der Waals surface area contributed by atoms with Crippen molar-refractivity contribution in [3.8, 4) is 28.7 Å². The number of aromatic amines is 1. The number of ether oxygens (including phenoxy) is 3. The standard InChI is InChI=1S/C16H11NO4/c1-19-9-6-7-12-13(8-9)21-14-10-4-2-3-5-11(10)17-16(18)15(14)20-12/h2-8H,1H3,(H,17,18). The van der Waals surface area contributed by atoms with Crippen molar-refractivity contribution in [2.24, 2.45) is 0 Å². The molecule has 1 N–H and O–H groups in total. The van der Waals surface area contributed by atoms with Crippen LogP contribution < -0.4 is 19.8 Å². The molecule has 5 nitrogen and oxygen atoms in total. The van der Waals surface area contributed by atoms with Gasteiger partial charge >= 0.3 is 0 Å². The summed E-state index contributed by atoms with van der Waals surface area (Å²) in [4.78, 5) is 14.9. The van der Waals surface area contributed by atoms with Gasteiger partial charge in [-0.1, -0.05) is 12.1 Å². The highest BCUT2D eigenvalue weighted by molar-refractivity contribution is 5.88. The smallest absolute Gasteiger partial charge is 0.295 e. The van der Waals surface area contributed by atoms with Crippen LogP contribution in [0.25, 0.3) is 10.9 Å². The van der Waals surface area contributed by atoms with Gasteiger partial charge in [0, 0.05) is 11.5 Å². The fourth-order valence-electron chi connectivity index (χ4n) is 2.39. The van der Waals surface area contributed by atoms with Crippen LogP contribution in [0.15, 0.2) is 47.3 Å². The number of benzene rings is 2. The molecule has 0 bridgehead atoms. The summed E-state index contributed by atoms with van der Waals surface area (Å²) in [5.74, 6) is 2.28. The van der Waals surface area contributed by atoms with Gasteiger partial charge in [-0.2, -0.15) is 0 Å². The van der Waals surface area contributed by atoms with Crippen LogP contribution in [-0.4, -0.2) is 12.1 Å². The molecule has 0 saturated carbocycles. The molecule has 0 unspecified atom stereocenters. The van der Waals surface area contributed by atoms with Gasteiger partial charge < -0.3 is 19.2 Å². The summed E-state index contributed by atoms with van der Waals surface area (Å²) in [6, 6.07) is 12.6. The molecule has 4 rings (SSSR count). The van der Waals surface area contributed by atoms with E-state index in [4.69, 9.17) is 14.2 Å². The second-order valence-corrected chi connectivity index (χ2v) is 4.67. The normalized spacial score (nSPS) is 12.0. The lowest BCUT2D eigenvalue weighted by Gasteiger charge is -2.21. The lowest BCUT2D eigenvalue weighted by atomic mass is 10.2. The third kappa shape index (κ3) is 1.74. The molecule has 104 valence electrons. The number of fused-ring (bicyclic) bond motifs is 4. The van der Waals surface area contributed by atoms with E-state index in [0.29, 0.717) is 28.5 Å². The summed E-state index contributed by atoms with van der Waals surface area (Å²) in [6.45, 7) is 0. The minimum absolute atomic E-state index is 0.173. The first-order valence-corrected chi connectivity index (χ1v) is 6.45. The Balaban J connectivity index is 1.96. The van der Waals surface area contributed by atoms with Gasteiger partial charge in [-0.25, -0.2) is 0 Å². The van der Waals surface area contributed by atoms with E-state index >= 15 is 0 Å². The summed E-state index contributed by atoms with van der Waals surface area (Å²) < 4.78 is 16.8. The van der Waals surface area contributed by atoms with Crippen LogP contribution in [0.1, 0.15) is 0 Å². The molecule has 3 aromatic rings. The first kappa shape index (κ1) is 11.8. The second kappa shape index (κ2) is 4.28. The lowest BCUT2D eigenvalue weighted by Crippen LogP contribution is -2.13. The van der Waals surface area contributed by atoms with Gasteiger partial charge in [-0.05, 0) is 24.3 Å². The van der Waals surface area contributed by atoms with Crippen LogP contribution in [0.4, 0.5) is 0 Å². The number of nitrogens with one attached hydrogen (secondary N) is 1. The lowest BCUT2D eigenvalue weighted by molar-refractivity contribution is 0.352. The van der Waals surface area contributed by atoms with E-state index in [1.165, 1.54) is 0 Å². The predicted molar refractivity (Wildman–Crippen MR) is 77.7 cm³/mol. The SMILES string of the molecule is COc1ccc2c(c1)Oc1c(c(=O)[nH]c3ccccc13)O2. The molecular formula is C16H11NO4. The molecule has 1 aliphatic rings. The van der Waals surface area contributed by atoms with Crippen molar-refractivity contribution in [1.82, 2.24) is 4.98 Å². The van der Waals surface area contributed by atoms with Crippen molar-refractivity contribution in [2.45, 2.75) is 0 Å². The Bertz CT molecular complexity index is 914. The van der Waals surface area contributed by atoms with Crippen molar-refractivity contribution in [2.75, 3.05) is 7.11 Å². The van der Waals surface area contributed by atoms with Crippen LogP contribution in [0.5, 0.6) is 28.7 Å². The summed E-state index contributed by atoms with van der Waals surface area (Å²) in [5.41, 5.74) is 0.390. The third-order valence-corrected chi connectivity index (χ3v) is 3.41. The van der Waals surface area contributed by atoms with E-state index < -0.39 is 0 Å². The number of methoxy groups -OCH3 is 1. The number of hydrogen-bond donors (Lipinski definition) is 1. The van der Waals surface area contributed by atoms with Gasteiger partial charge in [-0.15, -0.1) is 0 Å². The number of aromatic nitrogens is 1.